The molecule has 408 valence electrons. The van der Waals surface area contributed by atoms with Crippen molar-refractivity contribution in [1.82, 2.24) is 52.8 Å². The highest BCUT2D eigenvalue weighted by molar-refractivity contribution is 5.97. The average molecular weight is 1030 g/mol. The molecule has 1 aliphatic heterocycles. The van der Waals surface area contributed by atoms with E-state index in [1.54, 1.807) is 27.7 Å². The Morgan fingerprint density at radius 3 is 1.72 bits per heavy atom. The minimum atomic E-state index is -1.28. The van der Waals surface area contributed by atoms with Gasteiger partial charge in [0.25, 0.3) is 0 Å². The first-order valence-electron chi connectivity index (χ1n) is 24.3. The fourth-order valence-corrected chi connectivity index (χ4v) is 7.23. The van der Waals surface area contributed by atoms with Crippen LogP contribution in [0.15, 0.2) is 4.99 Å². The Morgan fingerprint density at radius 1 is 0.597 bits per heavy atom. The Balaban J connectivity index is 3.08. The summed E-state index contributed by atoms with van der Waals surface area (Å²) < 4.78 is 0. The molecule has 0 aliphatic carbocycles. The van der Waals surface area contributed by atoms with Crippen molar-refractivity contribution in [2.24, 2.45) is 45.5 Å². The maximum atomic E-state index is 14.0. The lowest BCUT2D eigenvalue weighted by atomic mass is 10.0. The summed E-state index contributed by atoms with van der Waals surface area (Å²) >= 11 is 0. The number of guanidine groups is 1. The molecule has 28 nitrogen and oxygen atoms in total. The second-order valence-electron chi connectivity index (χ2n) is 18.1. The molecular weight excluding hydrogens is 945 g/mol. The Bertz CT molecular complexity index is 1860. The van der Waals surface area contributed by atoms with Gasteiger partial charge in [-0.3, -0.25) is 57.7 Å². The molecule has 0 spiro atoms. The van der Waals surface area contributed by atoms with Crippen LogP contribution in [0.1, 0.15) is 98.3 Å². The van der Waals surface area contributed by atoms with E-state index in [4.69, 9.17) is 33.8 Å². The first kappa shape index (κ1) is 63.3. The number of aliphatic imine (C=N–C) groups is 1. The fourth-order valence-electron chi connectivity index (χ4n) is 7.23. The molecule has 0 aromatic rings. The van der Waals surface area contributed by atoms with Crippen molar-refractivity contribution in [1.29, 1.82) is 0 Å². The molecule has 1 heterocycles. The lowest BCUT2D eigenvalue weighted by Gasteiger charge is -2.28. The van der Waals surface area contributed by atoms with Crippen LogP contribution in [0, 0.1) is 11.8 Å². The zero-order valence-electron chi connectivity index (χ0n) is 42.0. The van der Waals surface area contributed by atoms with Crippen LogP contribution in [0.2, 0.25) is 0 Å². The predicted octanol–water partition coefficient (Wildman–Crippen LogP) is -6.08. The number of nitrogens with zero attached hydrogens (tertiary/aromatic N) is 2. The van der Waals surface area contributed by atoms with E-state index in [9.17, 15) is 52.7 Å². The number of amides is 10. The van der Waals surface area contributed by atoms with Gasteiger partial charge in [-0.05, 0) is 89.1 Å². The van der Waals surface area contributed by atoms with Crippen LogP contribution in [0.4, 0.5) is 0 Å². The first-order chi connectivity index (χ1) is 34.0. The Kier molecular flexibility index (Phi) is 30.4. The number of aliphatic carboxylic acids is 1. The number of carboxylic acid groups (broad SMARTS) is 1. The number of likely N-dealkylation sites (tertiary alicyclic amines) is 1. The van der Waals surface area contributed by atoms with Gasteiger partial charge in [-0.1, -0.05) is 34.1 Å². The highest BCUT2D eigenvalue weighted by atomic mass is 16.4. The highest BCUT2D eigenvalue weighted by Gasteiger charge is 2.37. The molecule has 1 rings (SSSR count). The Morgan fingerprint density at radius 2 is 1.12 bits per heavy atom. The molecule has 72 heavy (non-hydrogen) atoms. The van der Waals surface area contributed by atoms with Gasteiger partial charge in [-0.2, -0.15) is 0 Å². The average Bonchev–Trinajstić information content (AvgIpc) is 3.82. The standard InChI is InChI=1S/C44H80N16O12/c1-25(2)19-30(58-41(70)29(13-9-17-50-44(48)49)57-43(72)37(26(3)4)59-34(63)22-53-38(67)27(47)11-5-7-15-45)40(69)55-23-35(64)60-18-10-14-31(60)42(71)56-28(12-6-8-16-46)39(68)54-21-33(62)51-20-32(61)52-24-36(65)66/h25-31,37H,5-24,45-47H2,1-4H3,(H,51,62)(H,52,61)(H,53,67)(H,54,68)(H,55,69)(H,56,71)(H,57,72)(H,58,70)(H,59,63)(H,65,66)(H4,48,49,50)/t27-,28-,29-,30-,31-,37-/m0/s1. The molecule has 0 bridgehead atoms. The number of rotatable bonds is 35. The number of nitrogens with one attached hydrogen (secondary N) is 9. The summed E-state index contributed by atoms with van der Waals surface area (Å²) in [5, 5.41) is 31.0. The molecule has 0 radical (unpaired) electrons. The molecule has 0 unspecified atom stereocenters. The smallest absolute Gasteiger partial charge is 0.322 e. The van der Waals surface area contributed by atoms with Crippen LogP contribution in [0.3, 0.4) is 0 Å². The molecule has 0 aromatic heterocycles. The molecule has 0 aromatic carbocycles. The SMILES string of the molecule is CC(C)C[C@H](NC(=O)[C@H](CCCN=C(N)N)NC(=O)[C@@H](NC(=O)CNC(=O)[C@@H](N)CCCCN)C(C)C)C(=O)NCC(=O)N1CCC[C@H]1C(=O)N[C@@H](CCCCN)C(=O)NCC(=O)NCC(=O)NCC(=O)O. The van der Waals surface area contributed by atoms with Gasteiger partial charge in [0.05, 0.1) is 32.2 Å². The molecule has 20 N–H and O–H groups in total. The number of nitrogens with two attached hydrogens (primary N) is 5. The predicted molar refractivity (Wildman–Crippen MR) is 263 cm³/mol. The summed E-state index contributed by atoms with van der Waals surface area (Å²) in [5.74, 6) is -9.07. The van der Waals surface area contributed by atoms with E-state index in [1.165, 1.54) is 4.90 Å². The van der Waals surface area contributed by atoms with Gasteiger partial charge in [0.15, 0.2) is 5.96 Å². The van der Waals surface area contributed by atoms with Crippen molar-refractivity contribution in [3.63, 3.8) is 0 Å². The second-order valence-corrected chi connectivity index (χ2v) is 18.1. The maximum Gasteiger partial charge on any atom is 0.322 e. The van der Waals surface area contributed by atoms with E-state index >= 15 is 0 Å². The summed E-state index contributed by atoms with van der Waals surface area (Å²) in [7, 11) is 0. The molecular formula is C44H80N16O12. The van der Waals surface area contributed by atoms with Crippen molar-refractivity contribution in [2.75, 3.05) is 58.9 Å². The first-order valence-corrected chi connectivity index (χ1v) is 24.3. The number of carbonyl (C=O) groups excluding carboxylic acids is 10. The van der Waals surface area contributed by atoms with Crippen molar-refractivity contribution >= 4 is 71.0 Å². The van der Waals surface area contributed by atoms with Gasteiger partial charge in [-0.25, -0.2) is 0 Å². The lowest BCUT2D eigenvalue weighted by molar-refractivity contribution is -0.140. The van der Waals surface area contributed by atoms with Crippen molar-refractivity contribution < 1.29 is 57.8 Å². The van der Waals surface area contributed by atoms with Crippen LogP contribution in [-0.4, -0.2) is 176 Å². The van der Waals surface area contributed by atoms with Gasteiger partial charge in [0, 0.05) is 13.1 Å². The van der Waals surface area contributed by atoms with Crippen LogP contribution < -0.4 is 76.5 Å². The number of unbranched alkanes of at least 4 members (excludes halogenated alkanes) is 2. The zero-order chi connectivity index (χ0) is 54.3. The molecule has 1 fully saturated rings. The maximum absolute atomic E-state index is 14.0. The summed E-state index contributed by atoms with van der Waals surface area (Å²) in [6, 6.07) is -6.62. The number of hydrogen-bond donors (Lipinski definition) is 15. The van der Waals surface area contributed by atoms with Gasteiger partial charge in [0.2, 0.25) is 59.1 Å². The fraction of sp³-hybridized carbons (Fsp3) is 0.727. The summed E-state index contributed by atoms with van der Waals surface area (Å²) in [5.41, 5.74) is 28.0. The van der Waals surface area contributed by atoms with Crippen LogP contribution in [0.5, 0.6) is 0 Å². The molecule has 10 amide bonds. The molecule has 28 heteroatoms. The van der Waals surface area contributed by atoms with E-state index in [0.29, 0.717) is 51.6 Å². The van der Waals surface area contributed by atoms with Crippen molar-refractivity contribution in [3.05, 3.63) is 0 Å². The van der Waals surface area contributed by atoms with E-state index in [1.807, 2.05) is 0 Å². The lowest BCUT2D eigenvalue weighted by Crippen LogP contribution is -2.59. The molecule has 0 saturated carbocycles. The quantitative estimate of drug-likeness (QED) is 0.0160. The topological polar surface area (TPSA) is 462 Å². The second kappa shape index (κ2) is 34.6. The molecule has 1 saturated heterocycles. The number of carboxylic acids is 1. The number of hydrogen-bond acceptors (Lipinski definition) is 15. The molecule has 6 atom stereocenters. The minimum absolute atomic E-state index is 0.000658. The third-order valence-corrected chi connectivity index (χ3v) is 11.1. The van der Waals surface area contributed by atoms with Gasteiger partial charge >= 0.3 is 5.97 Å². The Hall–Kier alpha value is -6.68. The van der Waals surface area contributed by atoms with Crippen LogP contribution in [0.25, 0.3) is 0 Å². The van der Waals surface area contributed by atoms with E-state index in [2.05, 4.69) is 52.8 Å². The monoisotopic (exact) mass is 1020 g/mol. The third-order valence-electron chi connectivity index (χ3n) is 11.1. The van der Waals surface area contributed by atoms with Gasteiger partial charge in [0.1, 0.15) is 36.8 Å². The summed E-state index contributed by atoms with van der Waals surface area (Å²) in [4.78, 5) is 147. The summed E-state index contributed by atoms with van der Waals surface area (Å²) in [6.45, 7) is 5.17. The van der Waals surface area contributed by atoms with Crippen molar-refractivity contribution in [2.45, 2.75) is 135 Å². The van der Waals surface area contributed by atoms with E-state index in [-0.39, 0.29) is 57.1 Å². The number of carbonyl (C=O) groups is 11. The van der Waals surface area contributed by atoms with E-state index < -0.39 is 140 Å². The minimum Gasteiger partial charge on any atom is -0.480 e. The van der Waals surface area contributed by atoms with Crippen LogP contribution in [-0.2, 0) is 52.7 Å². The Labute approximate surface area is 419 Å². The third kappa shape index (κ3) is 26.0. The molecule has 1 aliphatic rings. The summed E-state index contributed by atoms with van der Waals surface area (Å²) in [6.07, 6.45) is 3.74. The highest BCUT2D eigenvalue weighted by Crippen LogP contribution is 2.18. The van der Waals surface area contributed by atoms with Gasteiger partial charge in [-0.15, -0.1) is 0 Å². The van der Waals surface area contributed by atoms with Crippen LogP contribution >= 0.6 is 0 Å². The largest absolute Gasteiger partial charge is 0.480 e. The van der Waals surface area contributed by atoms with Crippen molar-refractivity contribution in [3.8, 4) is 0 Å². The zero-order valence-corrected chi connectivity index (χ0v) is 42.0. The van der Waals surface area contributed by atoms with Gasteiger partial charge < -0.3 is 86.5 Å². The normalized spacial score (nSPS) is 15.1. The van der Waals surface area contributed by atoms with E-state index in [0.717, 1.165) is 0 Å².